The van der Waals surface area contributed by atoms with Crippen molar-refractivity contribution in [2.24, 2.45) is 17.2 Å². The lowest BCUT2D eigenvalue weighted by Crippen LogP contribution is -2.58. The number of carbonyl (C=O) groups is 7. The summed E-state index contributed by atoms with van der Waals surface area (Å²) in [6.45, 7) is 2.33. The molecule has 0 unspecified atom stereocenters. The normalized spacial score (nSPS) is 13.8. The van der Waals surface area contributed by atoms with Gasteiger partial charge in [-0.05, 0) is 39.5 Å². The van der Waals surface area contributed by atoms with Crippen molar-refractivity contribution in [3.8, 4) is 0 Å². The molecule has 0 spiro atoms. The van der Waals surface area contributed by atoms with E-state index in [0.717, 1.165) is 0 Å². The molecule has 0 aliphatic carbocycles. The van der Waals surface area contributed by atoms with Gasteiger partial charge in [0.05, 0.1) is 19.0 Å². The first-order chi connectivity index (χ1) is 20.9. The summed E-state index contributed by atoms with van der Waals surface area (Å²) in [5.41, 5.74) is 16.1. The van der Waals surface area contributed by atoms with E-state index in [0.29, 0.717) is 13.0 Å². The Morgan fingerprint density at radius 1 is 0.667 bits per heavy atom. The molecule has 0 fully saturated rings. The third-order valence-corrected chi connectivity index (χ3v) is 5.90. The number of carboxylic acid groups (broad SMARTS) is 2. The Labute approximate surface area is 258 Å². The lowest BCUT2D eigenvalue weighted by Gasteiger charge is -2.24. The van der Waals surface area contributed by atoms with Crippen LogP contribution in [0, 0.1) is 10.8 Å². The van der Waals surface area contributed by atoms with Crippen LogP contribution < -0.4 is 54.4 Å². The van der Waals surface area contributed by atoms with Gasteiger partial charge in [0.2, 0.25) is 29.5 Å². The molecule has 0 rings (SSSR count). The van der Waals surface area contributed by atoms with Crippen LogP contribution in [-0.2, 0) is 33.6 Å². The van der Waals surface area contributed by atoms with Crippen LogP contribution in [0.1, 0.15) is 46.0 Å². The lowest BCUT2D eigenvalue weighted by molar-refractivity contribution is -0.143. The topological polar surface area (TPSA) is 370 Å². The molecule has 0 aromatic carbocycles. The maximum atomic E-state index is 13.0. The summed E-state index contributed by atoms with van der Waals surface area (Å²) < 4.78 is 0. The number of rotatable bonds is 21. The van der Waals surface area contributed by atoms with Crippen LogP contribution in [0.4, 0.5) is 0 Å². The molecular formula is C24H44N12O9. The van der Waals surface area contributed by atoms with Crippen LogP contribution >= 0.6 is 0 Å². The number of nitrogens with two attached hydrogens (primary N) is 3. The molecule has 0 aliphatic rings. The van der Waals surface area contributed by atoms with E-state index in [-0.39, 0.29) is 37.7 Å². The van der Waals surface area contributed by atoms with Crippen molar-refractivity contribution in [3.63, 3.8) is 0 Å². The second kappa shape index (κ2) is 20.7. The van der Waals surface area contributed by atoms with E-state index < -0.39 is 84.6 Å². The zero-order valence-electron chi connectivity index (χ0n) is 25.0. The molecule has 0 aromatic heterocycles. The molecular weight excluding hydrogens is 600 g/mol. The Kier molecular flexibility index (Phi) is 18.3. The standard InChI is InChI=1S/C24H44N12O9/c1-11(33-16(37)10-32-19(41)13(25)5-3-7-30-23(26)27)18(40)36-15(9-17(38)39)21(43)35-14(6-4-8-31-24(28)29)20(42)34-12(2)22(44)45/h11-15H,3-10,25H2,1-2H3,(H,32,41)(H,33,37)(H,34,42)(H,35,43)(H,36,40)(H,38,39)(H,44,45)(H4,26,27,30)(H4,28,29,31)/t11-,12-,13-,14-,15-/m0/s1. The van der Waals surface area contributed by atoms with Gasteiger partial charge in [-0.3, -0.25) is 44.4 Å². The third-order valence-electron chi connectivity index (χ3n) is 5.90. The molecule has 21 heteroatoms. The van der Waals surface area contributed by atoms with Gasteiger partial charge in [0, 0.05) is 13.1 Å². The zero-order valence-corrected chi connectivity index (χ0v) is 25.0. The minimum absolute atomic E-state index is 0.0743. The average Bonchev–Trinajstić information content (AvgIpc) is 2.94. The van der Waals surface area contributed by atoms with Gasteiger partial charge in [-0.15, -0.1) is 0 Å². The number of amides is 5. The van der Waals surface area contributed by atoms with Gasteiger partial charge in [-0.2, -0.15) is 0 Å². The van der Waals surface area contributed by atoms with E-state index in [9.17, 15) is 38.7 Å². The second-order valence-corrected chi connectivity index (χ2v) is 9.87. The summed E-state index contributed by atoms with van der Waals surface area (Å²) >= 11 is 0. The fourth-order valence-electron chi connectivity index (χ4n) is 3.46. The van der Waals surface area contributed by atoms with Crippen LogP contribution in [0.2, 0.25) is 0 Å². The van der Waals surface area contributed by atoms with Crippen molar-refractivity contribution in [2.45, 2.75) is 76.2 Å². The average molecular weight is 645 g/mol. The van der Waals surface area contributed by atoms with Gasteiger partial charge < -0.3 is 64.6 Å². The third kappa shape index (κ3) is 18.1. The van der Waals surface area contributed by atoms with Crippen molar-refractivity contribution in [1.29, 1.82) is 10.8 Å². The van der Waals surface area contributed by atoms with Gasteiger partial charge in [0.15, 0.2) is 11.9 Å². The number of nitrogens with one attached hydrogen (secondary N) is 9. The van der Waals surface area contributed by atoms with E-state index in [4.69, 9.17) is 33.1 Å². The number of carboxylic acids is 2. The van der Waals surface area contributed by atoms with Crippen LogP contribution in [0.15, 0.2) is 0 Å². The Morgan fingerprint density at radius 2 is 1.18 bits per heavy atom. The number of aliphatic carboxylic acids is 2. The minimum atomic E-state index is -1.70. The SMILES string of the molecule is C[C@H](NC(=O)[C@H](CCCNC(=N)N)NC(=O)[C@H](CC(=O)O)NC(=O)[C@H](C)NC(=O)CNC(=O)[C@@H](N)CCCNC(=N)N)C(=O)O. The molecule has 45 heavy (non-hydrogen) atoms. The smallest absolute Gasteiger partial charge is 0.325 e. The van der Waals surface area contributed by atoms with E-state index in [1.807, 2.05) is 0 Å². The lowest BCUT2D eigenvalue weighted by atomic mass is 10.1. The number of hydrogen-bond donors (Lipinski definition) is 14. The van der Waals surface area contributed by atoms with Crippen molar-refractivity contribution in [3.05, 3.63) is 0 Å². The van der Waals surface area contributed by atoms with Gasteiger partial charge in [0.1, 0.15) is 24.2 Å². The molecule has 0 aliphatic heterocycles. The molecule has 0 saturated heterocycles. The maximum absolute atomic E-state index is 13.0. The highest BCUT2D eigenvalue weighted by atomic mass is 16.4. The highest BCUT2D eigenvalue weighted by Crippen LogP contribution is 2.03. The van der Waals surface area contributed by atoms with Crippen molar-refractivity contribution >= 4 is 53.4 Å². The summed E-state index contributed by atoms with van der Waals surface area (Å²) in [6, 6.07) is -6.61. The van der Waals surface area contributed by atoms with Crippen LogP contribution in [0.3, 0.4) is 0 Å². The first-order valence-corrected chi connectivity index (χ1v) is 13.8. The Hall–Kier alpha value is -5.21. The number of carbonyl (C=O) groups excluding carboxylic acids is 5. The first kappa shape index (κ1) is 39.8. The molecule has 5 amide bonds. The highest BCUT2D eigenvalue weighted by Gasteiger charge is 2.31. The van der Waals surface area contributed by atoms with E-state index in [1.165, 1.54) is 13.8 Å². The summed E-state index contributed by atoms with van der Waals surface area (Å²) in [5.74, 6) is -7.76. The Morgan fingerprint density at radius 3 is 1.69 bits per heavy atom. The molecule has 0 aromatic rings. The van der Waals surface area contributed by atoms with Gasteiger partial charge >= 0.3 is 11.9 Å². The Balaban J connectivity index is 5.23. The quantitative estimate of drug-likeness (QED) is 0.0315. The summed E-state index contributed by atoms with van der Waals surface area (Å²) in [4.78, 5) is 85.3. The fourth-order valence-corrected chi connectivity index (χ4v) is 3.46. The predicted molar refractivity (Wildman–Crippen MR) is 158 cm³/mol. The molecule has 21 nitrogen and oxygen atoms in total. The minimum Gasteiger partial charge on any atom is -0.481 e. The monoisotopic (exact) mass is 644 g/mol. The van der Waals surface area contributed by atoms with Crippen LogP contribution in [0.25, 0.3) is 0 Å². The highest BCUT2D eigenvalue weighted by molar-refractivity contribution is 5.96. The molecule has 254 valence electrons. The molecule has 0 radical (unpaired) electrons. The fraction of sp³-hybridized carbons (Fsp3) is 0.625. The molecule has 0 bridgehead atoms. The number of hydrogen-bond acceptors (Lipinski definition) is 10. The second-order valence-electron chi connectivity index (χ2n) is 9.87. The first-order valence-electron chi connectivity index (χ1n) is 13.8. The van der Waals surface area contributed by atoms with E-state index in [1.54, 1.807) is 0 Å². The van der Waals surface area contributed by atoms with E-state index in [2.05, 4.69) is 37.2 Å². The van der Waals surface area contributed by atoms with Crippen molar-refractivity contribution in [1.82, 2.24) is 37.2 Å². The summed E-state index contributed by atoms with van der Waals surface area (Å²) in [5, 5.41) is 48.9. The van der Waals surface area contributed by atoms with Gasteiger partial charge in [-0.1, -0.05) is 0 Å². The number of guanidine groups is 2. The summed E-state index contributed by atoms with van der Waals surface area (Å²) in [6.07, 6.45) is -0.144. The maximum Gasteiger partial charge on any atom is 0.325 e. The van der Waals surface area contributed by atoms with Crippen molar-refractivity contribution in [2.75, 3.05) is 19.6 Å². The molecule has 0 saturated carbocycles. The molecule has 5 atom stereocenters. The largest absolute Gasteiger partial charge is 0.481 e. The van der Waals surface area contributed by atoms with Gasteiger partial charge in [0.25, 0.3) is 0 Å². The van der Waals surface area contributed by atoms with E-state index >= 15 is 0 Å². The van der Waals surface area contributed by atoms with Crippen LogP contribution in [-0.4, -0.2) is 113 Å². The predicted octanol–water partition coefficient (Wildman–Crippen LogP) is -5.51. The zero-order chi connectivity index (χ0) is 34.7. The summed E-state index contributed by atoms with van der Waals surface area (Å²) in [7, 11) is 0. The molecule has 0 heterocycles. The van der Waals surface area contributed by atoms with Crippen LogP contribution in [0.5, 0.6) is 0 Å². The van der Waals surface area contributed by atoms with Crippen molar-refractivity contribution < 1.29 is 43.8 Å². The Bertz CT molecular complexity index is 1100. The van der Waals surface area contributed by atoms with Gasteiger partial charge in [-0.25, -0.2) is 0 Å². The molecule has 17 N–H and O–H groups in total.